The van der Waals surface area contributed by atoms with Crippen molar-refractivity contribution in [3.63, 3.8) is 0 Å². The minimum Gasteiger partial charge on any atom is -0.756 e. The Hall–Kier alpha value is -2.55. The molecule has 0 amide bonds. The van der Waals surface area contributed by atoms with E-state index in [1.807, 2.05) is 33.3 Å². The standard InChI is InChI=1S/C46H80NO8P/c1-6-8-10-12-14-16-18-20-21-22-23-24-25-27-28-30-32-34-36-38-45(48)52-42-44(43-54-56(50,51)53-41-40-47(3,4)5)55-46(49)39-37-35-33-31-29-26-19-17-15-13-11-9-7-2/h8,10,14,16,20-21,23-24,27-28,32,34,44H,6-7,9,11-13,15,17-19,22,25-26,29-31,33,35-43H2,1-5H3/b10-8+,16-14+,21-20+,24-23+,28-27+,34-32+/t44-/m1/s1. The molecule has 0 rings (SSSR count). The Morgan fingerprint density at radius 3 is 1.48 bits per heavy atom. The summed E-state index contributed by atoms with van der Waals surface area (Å²) in [6.07, 6.45) is 46.6. The van der Waals surface area contributed by atoms with Gasteiger partial charge in [0.2, 0.25) is 0 Å². The van der Waals surface area contributed by atoms with Crippen LogP contribution < -0.4 is 4.89 Å². The second-order valence-corrected chi connectivity index (χ2v) is 16.7. The first kappa shape index (κ1) is 53.5. The molecule has 0 aromatic carbocycles. The Balaban J connectivity index is 4.49. The van der Waals surface area contributed by atoms with Gasteiger partial charge in [0.1, 0.15) is 19.8 Å². The monoisotopic (exact) mass is 806 g/mol. The number of nitrogens with zero attached hydrogens (tertiary/aromatic N) is 1. The van der Waals surface area contributed by atoms with Crippen molar-refractivity contribution in [3.05, 3.63) is 72.9 Å². The van der Waals surface area contributed by atoms with Crippen LogP contribution in [0.3, 0.4) is 0 Å². The summed E-state index contributed by atoms with van der Waals surface area (Å²) in [5.74, 6) is -0.936. The van der Waals surface area contributed by atoms with Gasteiger partial charge in [-0.3, -0.25) is 14.2 Å². The maximum atomic E-state index is 12.6. The highest BCUT2D eigenvalue weighted by molar-refractivity contribution is 7.45. The molecule has 0 fully saturated rings. The fraction of sp³-hybridized carbons (Fsp3) is 0.696. The van der Waals surface area contributed by atoms with Crippen LogP contribution in [-0.2, 0) is 32.7 Å². The Bertz CT molecular complexity index is 1180. The van der Waals surface area contributed by atoms with E-state index in [1.54, 1.807) is 0 Å². The highest BCUT2D eigenvalue weighted by atomic mass is 31.2. The highest BCUT2D eigenvalue weighted by Gasteiger charge is 2.21. The van der Waals surface area contributed by atoms with Crippen LogP contribution in [0.4, 0.5) is 0 Å². The van der Waals surface area contributed by atoms with Crippen molar-refractivity contribution in [1.29, 1.82) is 0 Å². The third kappa shape index (κ3) is 41.1. The maximum absolute atomic E-state index is 12.6. The maximum Gasteiger partial charge on any atom is 0.306 e. The molecule has 322 valence electrons. The number of allylic oxidation sites excluding steroid dienone is 12. The SMILES string of the molecule is CC/C=C/C/C=C/C/C=C/C/C=C/C/C=C/C/C=C/CCC(=O)OC[C@H](COP(=O)([O-])OCC[N+](C)(C)C)OC(=O)CCCCCCCCCCCCCCC. The van der Waals surface area contributed by atoms with Gasteiger partial charge in [-0.15, -0.1) is 0 Å². The molecule has 0 aromatic heterocycles. The number of carbonyl (C=O) groups excluding carboxylic acids is 2. The van der Waals surface area contributed by atoms with Gasteiger partial charge in [0.25, 0.3) is 7.82 Å². The van der Waals surface area contributed by atoms with Crippen LogP contribution in [0.15, 0.2) is 72.9 Å². The summed E-state index contributed by atoms with van der Waals surface area (Å²) in [5, 5.41) is 0. The lowest BCUT2D eigenvalue weighted by atomic mass is 10.0. The van der Waals surface area contributed by atoms with Gasteiger partial charge in [0.05, 0.1) is 27.7 Å². The van der Waals surface area contributed by atoms with E-state index in [2.05, 4.69) is 74.6 Å². The third-order valence-electron chi connectivity index (χ3n) is 8.75. The Morgan fingerprint density at radius 2 is 1.02 bits per heavy atom. The van der Waals surface area contributed by atoms with Gasteiger partial charge in [-0.05, 0) is 51.4 Å². The molecule has 2 atom stereocenters. The topological polar surface area (TPSA) is 111 Å². The number of likely N-dealkylation sites (N-methyl/N-ethyl adjacent to an activating group) is 1. The van der Waals surface area contributed by atoms with Gasteiger partial charge in [-0.25, -0.2) is 0 Å². The second-order valence-electron chi connectivity index (χ2n) is 15.3. The third-order valence-corrected chi connectivity index (χ3v) is 9.72. The number of carbonyl (C=O) groups is 2. The van der Waals surface area contributed by atoms with E-state index in [9.17, 15) is 19.0 Å². The molecule has 0 N–H and O–H groups in total. The summed E-state index contributed by atoms with van der Waals surface area (Å²) in [7, 11) is 1.12. The molecule has 10 heteroatoms. The Kier molecular flexibility index (Phi) is 36.3. The van der Waals surface area contributed by atoms with Gasteiger partial charge in [-0.2, -0.15) is 0 Å². The molecule has 0 bridgehead atoms. The fourth-order valence-corrected chi connectivity index (χ4v) is 6.11. The number of hydrogen-bond acceptors (Lipinski definition) is 8. The molecule has 0 aliphatic heterocycles. The Labute approximate surface area is 342 Å². The van der Waals surface area contributed by atoms with Crippen LogP contribution in [0.2, 0.25) is 0 Å². The largest absolute Gasteiger partial charge is 0.756 e. The zero-order valence-corrected chi connectivity index (χ0v) is 36.9. The minimum atomic E-state index is -4.64. The van der Waals surface area contributed by atoms with Crippen molar-refractivity contribution < 1.29 is 42.1 Å². The molecular weight excluding hydrogens is 725 g/mol. The van der Waals surface area contributed by atoms with E-state index in [0.717, 1.165) is 57.8 Å². The van der Waals surface area contributed by atoms with E-state index in [0.29, 0.717) is 23.9 Å². The van der Waals surface area contributed by atoms with Crippen LogP contribution in [0.25, 0.3) is 0 Å². The van der Waals surface area contributed by atoms with Crippen molar-refractivity contribution in [1.82, 2.24) is 0 Å². The highest BCUT2D eigenvalue weighted by Crippen LogP contribution is 2.38. The zero-order chi connectivity index (χ0) is 41.4. The summed E-state index contributed by atoms with van der Waals surface area (Å²) in [6.45, 7) is 4.01. The zero-order valence-electron chi connectivity index (χ0n) is 36.1. The lowest BCUT2D eigenvalue weighted by molar-refractivity contribution is -0.870. The predicted octanol–water partition coefficient (Wildman–Crippen LogP) is 11.6. The molecule has 9 nitrogen and oxygen atoms in total. The molecule has 0 aromatic rings. The summed E-state index contributed by atoms with van der Waals surface area (Å²) in [6, 6.07) is 0. The summed E-state index contributed by atoms with van der Waals surface area (Å²) < 4.78 is 33.8. The summed E-state index contributed by atoms with van der Waals surface area (Å²) >= 11 is 0. The van der Waals surface area contributed by atoms with Crippen molar-refractivity contribution in [2.75, 3.05) is 47.5 Å². The Morgan fingerprint density at radius 1 is 0.571 bits per heavy atom. The van der Waals surface area contributed by atoms with Gasteiger partial charge in [0.15, 0.2) is 6.10 Å². The van der Waals surface area contributed by atoms with E-state index in [-0.39, 0.29) is 26.1 Å². The summed E-state index contributed by atoms with van der Waals surface area (Å²) in [4.78, 5) is 37.4. The number of ether oxygens (including phenoxy) is 2. The van der Waals surface area contributed by atoms with Crippen molar-refractivity contribution in [3.8, 4) is 0 Å². The number of hydrogen-bond donors (Lipinski definition) is 0. The van der Waals surface area contributed by atoms with E-state index in [1.165, 1.54) is 57.8 Å². The first-order valence-electron chi connectivity index (χ1n) is 21.6. The van der Waals surface area contributed by atoms with Crippen LogP contribution in [0, 0.1) is 0 Å². The molecule has 0 saturated carbocycles. The fourth-order valence-electron chi connectivity index (χ4n) is 5.39. The first-order valence-corrected chi connectivity index (χ1v) is 23.1. The molecule has 0 saturated heterocycles. The van der Waals surface area contributed by atoms with Crippen LogP contribution in [0.1, 0.15) is 155 Å². The van der Waals surface area contributed by atoms with Gasteiger partial charge in [-0.1, -0.05) is 164 Å². The number of phosphoric ester groups is 1. The average Bonchev–Trinajstić information content (AvgIpc) is 3.15. The predicted molar refractivity (Wildman–Crippen MR) is 231 cm³/mol. The van der Waals surface area contributed by atoms with Crippen molar-refractivity contribution in [2.24, 2.45) is 0 Å². The van der Waals surface area contributed by atoms with Gasteiger partial charge in [0, 0.05) is 12.8 Å². The van der Waals surface area contributed by atoms with Crippen LogP contribution >= 0.6 is 7.82 Å². The smallest absolute Gasteiger partial charge is 0.306 e. The molecule has 56 heavy (non-hydrogen) atoms. The quantitative estimate of drug-likeness (QED) is 0.0199. The van der Waals surface area contributed by atoms with E-state index >= 15 is 0 Å². The number of phosphoric acid groups is 1. The minimum absolute atomic E-state index is 0.0443. The molecule has 0 spiro atoms. The second kappa shape index (κ2) is 38.0. The lowest BCUT2D eigenvalue weighted by Crippen LogP contribution is -2.37. The summed E-state index contributed by atoms with van der Waals surface area (Å²) in [5.41, 5.74) is 0. The molecular formula is C46H80NO8P. The van der Waals surface area contributed by atoms with Gasteiger partial charge >= 0.3 is 11.9 Å². The molecule has 0 heterocycles. The van der Waals surface area contributed by atoms with Gasteiger partial charge < -0.3 is 27.9 Å². The van der Waals surface area contributed by atoms with Crippen LogP contribution in [-0.4, -0.2) is 70.0 Å². The first-order chi connectivity index (χ1) is 27.0. The molecule has 0 radical (unpaired) electrons. The number of unbranched alkanes of at least 4 members (excludes halogenated alkanes) is 12. The van der Waals surface area contributed by atoms with E-state index in [4.69, 9.17) is 18.5 Å². The number of rotatable bonds is 38. The average molecular weight is 806 g/mol. The molecule has 0 aliphatic carbocycles. The number of esters is 2. The van der Waals surface area contributed by atoms with Crippen molar-refractivity contribution in [2.45, 2.75) is 161 Å². The van der Waals surface area contributed by atoms with E-state index < -0.39 is 32.5 Å². The van der Waals surface area contributed by atoms with Crippen molar-refractivity contribution >= 4 is 19.8 Å². The molecule has 1 unspecified atom stereocenters. The normalized spacial score (nSPS) is 14.3. The molecule has 0 aliphatic rings. The van der Waals surface area contributed by atoms with Crippen LogP contribution in [0.5, 0.6) is 0 Å². The number of quaternary nitrogens is 1. The lowest BCUT2D eigenvalue weighted by Gasteiger charge is -2.28.